The van der Waals surface area contributed by atoms with Crippen LogP contribution in [-0.2, 0) is 49.6 Å². The fourth-order valence-corrected chi connectivity index (χ4v) is 4.85. The zero-order valence-electron chi connectivity index (χ0n) is 26.1. The van der Waals surface area contributed by atoms with Crippen LogP contribution in [-0.4, -0.2) is 122 Å². The quantitative estimate of drug-likeness (QED) is 0.0663. The van der Waals surface area contributed by atoms with Gasteiger partial charge in [-0.15, -0.1) is 0 Å². The number of carbonyl (C=O) groups excluding carboxylic acids is 6. The van der Waals surface area contributed by atoms with Gasteiger partial charge in [-0.2, -0.15) is 0 Å². The van der Waals surface area contributed by atoms with Crippen molar-refractivity contribution in [3.63, 3.8) is 0 Å². The minimum atomic E-state index is -1.80. The molecule has 12 N–H and O–H groups in total. The number of carboxylic acid groups (broad SMARTS) is 3. The van der Waals surface area contributed by atoms with Crippen LogP contribution in [0.5, 0.6) is 5.75 Å². The summed E-state index contributed by atoms with van der Waals surface area (Å²) in [4.78, 5) is 111. The molecule has 0 aromatic heterocycles. The topological polar surface area (TPSA) is 338 Å². The number of aliphatic carboxylic acids is 3. The molecule has 0 saturated carbocycles. The molecule has 49 heavy (non-hydrogen) atoms. The van der Waals surface area contributed by atoms with Crippen LogP contribution in [0.4, 0.5) is 0 Å². The normalized spacial score (nSPS) is 16.3. The molecule has 0 unspecified atom stereocenters. The zero-order chi connectivity index (χ0) is 36.8. The van der Waals surface area contributed by atoms with Gasteiger partial charge in [0.25, 0.3) is 0 Å². The van der Waals surface area contributed by atoms with E-state index in [1.54, 1.807) is 0 Å². The van der Waals surface area contributed by atoms with Crippen molar-refractivity contribution in [2.24, 2.45) is 11.5 Å². The third-order valence-electron chi connectivity index (χ3n) is 7.31. The van der Waals surface area contributed by atoms with Gasteiger partial charge in [0, 0.05) is 19.4 Å². The number of nitrogens with two attached hydrogens (primary N) is 2. The van der Waals surface area contributed by atoms with Crippen LogP contribution in [0, 0.1) is 0 Å². The lowest BCUT2D eigenvalue weighted by molar-refractivity contribution is -0.150. The number of hydrogen-bond acceptors (Lipinski definition) is 11. The van der Waals surface area contributed by atoms with E-state index in [0.717, 1.165) is 4.90 Å². The standard InChI is InChI=1S/C29H39N7O13/c30-16(7-8-23(40)41)25(44)32-13-22(39)33-17(10-14-3-5-15(37)6-4-14)26(45)34-18(11-21(31)38)27(46)35-19(12-24(42)43)28(47)36-9-1-2-20(36)29(48)49/h3-6,16-20,37H,1-2,7-13,30H2,(H2,31,38)(H,32,44)(H,33,39)(H,34,45)(H,35,46)(H,40,41)(H,42,43)(H,48,49)/t16-,17-,18-,19-,20-/m0/s1. The van der Waals surface area contributed by atoms with Crippen molar-refractivity contribution in [2.75, 3.05) is 13.1 Å². The SMILES string of the molecule is NC(=O)C[C@H](NC(=O)[C@H](Cc1ccc(O)cc1)NC(=O)CNC(=O)[C@@H](N)CCC(=O)O)C(=O)N[C@@H](CC(=O)O)C(=O)N1CCC[C@H]1C(=O)O. The molecule has 1 fully saturated rings. The Bertz CT molecular complexity index is 1440. The second-order valence-corrected chi connectivity index (χ2v) is 11.2. The Morgan fingerprint density at radius 3 is 2.00 bits per heavy atom. The van der Waals surface area contributed by atoms with Gasteiger partial charge in [0.1, 0.15) is 29.9 Å². The second kappa shape index (κ2) is 18.5. The highest BCUT2D eigenvalue weighted by molar-refractivity contribution is 5.98. The van der Waals surface area contributed by atoms with E-state index < -0.39 is 109 Å². The number of nitrogens with zero attached hydrogens (tertiary/aromatic N) is 1. The van der Waals surface area contributed by atoms with Gasteiger partial charge in [-0.1, -0.05) is 12.1 Å². The van der Waals surface area contributed by atoms with E-state index in [1.165, 1.54) is 24.3 Å². The van der Waals surface area contributed by atoms with Gasteiger partial charge in [0.05, 0.1) is 25.4 Å². The molecular formula is C29H39N7O13. The second-order valence-electron chi connectivity index (χ2n) is 11.2. The van der Waals surface area contributed by atoms with Gasteiger partial charge in [-0.05, 0) is 37.0 Å². The average Bonchev–Trinajstić information content (AvgIpc) is 3.52. The molecule has 0 spiro atoms. The van der Waals surface area contributed by atoms with Crippen molar-refractivity contribution in [3.05, 3.63) is 29.8 Å². The molecule has 5 atom stereocenters. The summed E-state index contributed by atoms with van der Waals surface area (Å²) in [6.07, 6.45) is -2.25. The van der Waals surface area contributed by atoms with Crippen molar-refractivity contribution in [1.82, 2.24) is 26.2 Å². The Hall–Kier alpha value is -5.79. The maximum atomic E-state index is 13.5. The average molecular weight is 694 g/mol. The van der Waals surface area contributed by atoms with Crippen molar-refractivity contribution < 1.29 is 63.6 Å². The highest BCUT2D eigenvalue weighted by Gasteiger charge is 2.39. The van der Waals surface area contributed by atoms with E-state index in [2.05, 4.69) is 21.3 Å². The van der Waals surface area contributed by atoms with Crippen molar-refractivity contribution >= 4 is 53.4 Å². The minimum absolute atomic E-state index is 0.0173. The van der Waals surface area contributed by atoms with E-state index >= 15 is 0 Å². The lowest BCUT2D eigenvalue weighted by atomic mass is 10.0. The number of aromatic hydroxyl groups is 1. The Morgan fingerprint density at radius 1 is 0.816 bits per heavy atom. The molecule has 20 heteroatoms. The summed E-state index contributed by atoms with van der Waals surface area (Å²) in [5.41, 5.74) is 11.3. The van der Waals surface area contributed by atoms with Gasteiger partial charge in [0.2, 0.25) is 35.4 Å². The summed E-state index contributed by atoms with van der Waals surface area (Å²) in [5.74, 6) is -10.3. The number of carboxylic acids is 3. The molecule has 1 aliphatic heterocycles. The molecule has 6 amide bonds. The lowest BCUT2D eigenvalue weighted by Crippen LogP contribution is -2.59. The van der Waals surface area contributed by atoms with Crippen molar-refractivity contribution in [3.8, 4) is 5.75 Å². The number of primary amides is 1. The Balaban J connectivity index is 2.25. The number of likely N-dealkylation sites (tertiary alicyclic amines) is 1. The van der Waals surface area contributed by atoms with E-state index in [4.69, 9.17) is 16.6 Å². The number of hydrogen-bond donors (Lipinski definition) is 10. The van der Waals surface area contributed by atoms with Crippen LogP contribution in [0.2, 0.25) is 0 Å². The number of phenols is 1. The Morgan fingerprint density at radius 2 is 1.43 bits per heavy atom. The van der Waals surface area contributed by atoms with Crippen LogP contribution in [0.3, 0.4) is 0 Å². The first-order valence-corrected chi connectivity index (χ1v) is 14.9. The minimum Gasteiger partial charge on any atom is -0.508 e. The van der Waals surface area contributed by atoms with Crippen LogP contribution < -0.4 is 32.7 Å². The van der Waals surface area contributed by atoms with Crippen LogP contribution in [0.15, 0.2) is 24.3 Å². The Kier molecular flexibility index (Phi) is 14.9. The van der Waals surface area contributed by atoms with Gasteiger partial charge in [-0.25, -0.2) is 4.79 Å². The lowest BCUT2D eigenvalue weighted by Gasteiger charge is -2.28. The molecule has 1 heterocycles. The zero-order valence-corrected chi connectivity index (χ0v) is 26.1. The Labute approximate surface area is 278 Å². The monoisotopic (exact) mass is 693 g/mol. The first-order chi connectivity index (χ1) is 23.0. The molecule has 0 bridgehead atoms. The van der Waals surface area contributed by atoms with E-state index in [9.17, 15) is 58.5 Å². The van der Waals surface area contributed by atoms with Gasteiger partial charge >= 0.3 is 17.9 Å². The van der Waals surface area contributed by atoms with Crippen molar-refractivity contribution in [2.45, 2.75) is 75.2 Å². The highest BCUT2D eigenvalue weighted by Crippen LogP contribution is 2.19. The number of rotatable bonds is 19. The summed E-state index contributed by atoms with van der Waals surface area (Å²) >= 11 is 0. The van der Waals surface area contributed by atoms with E-state index in [0.29, 0.717) is 12.0 Å². The molecule has 0 radical (unpaired) electrons. The number of carbonyl (C=O) groups is 9. The number of phenolic OH excluding ortho intramolecular Hbond substituents is 1. The molecule has 1 saturated heterocycles. The van der Waals surface area contributed by atoms with Crippen LogP contribution in [0.25, 0.3) is 0 Å². The predicted molar refractivity (Wildman–Crippen MR) is 164 cm³/mol. The smallest absolute Gasteiger partial charge is 0.326 e. The molecule has 1 aliphatic rings. The molecule has 2 rings (SSSR count). The molecule has 1 aromatic carbocycles. The van der Waals surface area contributed by atoms with Gasteiger partial charge < -0.3 is 58.1 Å². The van der Waals surface area contributed by atoms with Gasteiger partial charge in [0.15, 0.2) is 0 Å². The first kappa shape index (κ1) is 39.4. The molecule has 0 aliphatic carbocycles. The van der Waals surface area contributed by atoms with Gasteiger partial charge in [-0.3, -0.25) is 38.4 Å². The number of benzene rings is 1. The predicted octanol–water partition coefficient (Wildman–Crippen LogP) is -3.88. The maximum absolute atomic E-state index is 13.5. The molecule has 268 valence electrons. The number of amides is 6. The van der Waals surface area contributed by atoms with E-state index in [1.807, 2.05) is 0 Å². The van der Waals surface area contributed by atoms with Crippen LogP contribution in [0.1, 0.15) is 44.1 Å². The first-order valence-electron chi connectivity index (χ1n) is 14.9. The highest BCUT2D eigenvalue weighted by atomic mass is 16.4. The summed E-state index contributed by atoms with van der Waals surface area (Å²) in [7, 11) is 0. The summed E-state index contributed by atoms with van der Waals surface area (Å²) < 4.78 is 0. The summed E-state index contributed by atoms with van der Waals surface area (Å²) in [6.45, 7) is -0.715. The fraction of sp³-hybridized carbons (Fsp3) is 0.483. The molecule has 1 aromatic rings. The third-order valence-corrected chi connectivity index (χ3v) is 7.31. The molecule has 20 nitrogen and oxygen atoms in total. The summed E-state index contributed by atoms with van der Waals surface area (Å²) in [6, 6.07) is -2.14. The van der Waals surface area contributed by atoms with E-state index in [-0.39, 0.29) is 31.6 Å². The maximum Gasteiger partial charge on any atom is 0.326 e. The van der Waals surface area contributed by atoms with Crippen molar-refractivity contribution in [1.29, 1.82) is 0 Å². The fourth-order valence-electron chi connectivity index (χ4n) is 4.85. The number of nitrogens with one attached hydrogen (secondary N) is 4. The third kappa shape index (κ3) is 13.1. The summed E-state index contributed by atoms with van der Waals surface area (Å²) in [5, 5.41) is 46.1. The van der Waals surface area contributed by atoms with Crippen LogP contribution >= 0.6 is 0 Å². The largest absolute Gasteiger partial charge is 0.508 e. The molecular weight excluding hydrogens is 654 g/mol.